The largest absolute Gasteiger partial charge is 0.356 e. The van der Waals surface area contributed by atoms with E-state index in [0.29, 0.717) is 33.9 Å². The average Bonchev–Trinajstić information content (AvgIpc) is 3.57. The SMILES string of the molecule is CC(C)C[C@H](NC(=O)c1cc2c(Cl)cc(Cl)cc2[nH]1)C(=O)N[C@@H](C[C@@H]1CCNC1=O)C(=O)C(=O)NCc1ccccc1. The number of aromatic amines is 1. The van der Waals surface area contributed by atoms with Crippen molar-refractivity contribution in [2.45, 2.75) is 51.7 Å². The number of H-pyrrole nitrogens is 1. The van der Waals surface area contributed by atoms with Crippen LogP contribution >= 0.6 is 23.2 Å². The van der Waals surface area contributed by atoms with Crippen LogP contribution in [0, 0.1) is 11.8 Å². The molecule has 0 bridgehead atoms. The van der Waals surface area contributed by atoms with Crippen molar-refractivity contribution in [1.82, 2.24) is 26.3 Å². The molecule has 1 fully saturated rings. The van der Waals surface area contributed by atoms with E-state index in [4.69, 9.17) is 23.2 Å². The number of hydrogen-bond donors (Lipinski definition) is 5. The lowest BCUT2D eigenvalue weighted by Gasteiger charge is -2.24. The Morgan fingerprint density at radius 2 is 1.74 bits per heavy atom. The maximum atomic E-state index is 13.5. The molecule has 0 unspecified atom stereocenters. The molecule has 3 aromatic rings. The molecule has 1 saturated heterocycles. The van der Waals surface area contributed by atoms with Crippen LogP contribution in [0.3, 0.4) is 0 Å². The summed E-state index contributed by atoms with van der Waals surface area (Å²) in [5, 5.41) is 12.1. The van der Waals surface area contributed by atoms with E-state index in [1.807, 2.05) is 44.2 Å². The van der Waals surface area contributed by atoms with Gasteiger partial charge in [0.25, 0.3) is 11.8 Å². The van der Waals surface area contributed by atoms with Crippen LogP contribution in [-0.4, -0.2) is 53.0 Å². The first-order chi connectivity index (χ1) is 20.0. The van der Waals surface area contributed by atoms with E-state index < -0.39 is 41.5 Å². The van der Waals surface area contributed by atoms with Gasteiger partial charge in [-0.15, -0.1) is 0 Å². The van der Waals surface area contributed by atoms with Gasteiger partial charge in [-0.3, -0.25) is 24.0 Å². The maximum absolute atomic E-state index is 13.5. The molecule has 5 N–H and O–H groups in total. The van der Waals surface area contributed by atoms with Crippen molar-refractivity contribution in [3.63, 3.8) is 0 Å². The van der Waals surface area contributed by atoms with Crippen LogP contribution in [0.4, 0.5) is 0 Å². The fraction of sp³-hybridized carbons (Fsp3) is 0.367. The van der Waals surface area contributed by atoms with Crippen LogP contribution in [0.1, 0.15) is 49.2 Å². The lowest BCUT2D eigenvalue weighted by molar-refractivity contribution is -0.141. The second-order valence-corrected chi connectivity index (χ2v) is 11.6. The van der Waals surface area contributed by atoms with E-state index in [2.05, 4.69) is 26.3 Å². The Labute approximate surface area is 253 Å². The van der Waals surface area contributed by atoms with Gasteiger partial charge < -0.3 is 26.3 Å². The lowest BCUT2D eigenvalue weighted by atomic mass is 9.94. The number of ketones is 1. The fourth-order valence-corrected chi connectivity index (χ4v) is 5.45. The number of aromatic nitrogens is 1. The van der Waals surface area contributed by atoms with Crippen molar-refractivity contribution in [3.05, 3.63) is 69.8 Å². The van der Waals surface area contributed by atoms with Gasteiger partial charge in [-0.1, -0.05) is 67.4 Å². The number of hydrogen-bond acceptors (Lipinski definition) is 5. The minimum absolute atomic E-state index is 0.000877. The second-order valence-electron chi connectivity index (χ2n) is 10.8. The Hall–Kier alpha value is -3.89. The molecule has 42 heavy (non-hydrogen) atoms. The number of nitrogens with one attached hydrogen (secondary N) is 5. The monoisotopic (exact) mass is 613 g/mol. The van der Waals surface area contributed by atoms with Crippen molar-refractivity contribution < 1.29 is 24.0 Å². The molecule has 0 aliphatic carbocycles. The standard InChI is InChI=1S/C30H33Cl2N5O5/c1-16(2)10-24(37-29(41)25-14-20-21(32)12-19(31)13-22(20)35-25)28(40)36-23(11-18-8-9-33-27(18)39)26(38)30(42)34-15-17-6-4-3-5-7-17/h3-7,12-14,16,18,23-24,35H,8-11,15H2,1-2H3,(H,33,39)(H,34,42)(H,36,40)(H,37,41)/t18-,23-,24-/m0/s1. The summed E-state index contributed by atoms with van der Waals surface area (Å²) in [5.74, 6) is -3.71. The third-order valence-corrected chi connectivity index (χ3v) is 7.59. The molecule has 2 aromatic carbocycles. The van der Waals surface area contributed by atoms with E-state index in [0.717, 1.165) is 5.56 Å². The Morgan fingerprint density at radius 1 is 1.00 bits per heavy atom. The Kier molecular flexibility index (Phi) is 10.2. The fourth-order valence-electron chi connectivity index (χ4n) is 4.90. The van der Waals surface area contributed by atoms with E-state index >= 15 is 0 Å². The van der Waals surface area contributed by atoms with Crippen LogP contribution in [0.25, 0.3) is 10.9 Å². The van der Waals surface area contributed by atoms with Crippen molar-refractivity contribution >= 4 is 63.5 Å². The highest BCUT2D eigenvalue weighted by Crippen LogP contribution is 2.28. The summed E-state index contributed by atoms with van der Waals surface area (Å²) in [6, 6.07) is 11.6. The van der Waals surface area contributed by atoms with Gasteiger partial charge in [-0.2, -0.15) is 0 Å². The maximum Gasteiger partial charge on any atom is 0.289 e. The molecular formula is C30H33Cl2N5O5. The predicted octanol–water partition coefficient (Wildman–Crippen LogP) is 3.52. The lowest BCUT2D eigenvalue weighted by Crippen LogP contribution is -2.54. The molecular weight excluding hydrogens is 581 g/mol. The zero-order valence-corrected chi connectivity index (χ0v) is 24.8. The van der Waals surface area contributed by atoms with E-state index in [9.17, 15) is 24.0 Å². The average molecular weight is 615 g/mol. The number of carbonyl (C=O) groups excluding carboxylic acids is 5. The Bertz CT molecular complexity index is 1490. The topological polar surface area (TPSA) is 149 Å². The molecule has 4 amide bonds. The van der Waals surface area contributed by atoms with Crippen molar-refractivity contribution in [2.24, 2.45) is 11.8 Å². The number of Topliss-reactive ketones (excluding diaryl/α,β-unsaturated/α-hetero) is 1. The van der Waals surface area contributed by atoms with Gasteiger partial charge in [0.15, 0.2) is 0 Å². The number of amides is 4. The van der Waals surface area contributed by atoms with Gasteiger partial charge in [0, 0.05) is 34.9 Å². The molecule has 0 saturated carbocycles. The first-order valence-electron chi connectivity index (χ1n) is 13.7. The first-order valence-corrected chi connectivity index (χ1v) is 14.5. The summed E-state index contributed by atoms with van der Waals surface area (Å²) >= 11 is 12.3. The minimum Gasteiger partial charge on any atom is -0.356 e. The number of rotatable bonds is 12. The molecule has 4 rings (SSSR count). The van der Waals surface area contributed by atoms with Crippen LogP contribution < -0.4 is 21.3 Å². The zero-order valence-electron chi connectivity index (χ0n) is 23.3. The molecule has 2 heterocycles. The molecule has 3 atom stereocenters. The van der Waals surface area contributed by atoms with Gasteiger partial charge in [0.2, 0.25) is 17.6 Å². The number of carbonyl (C=O) groups is 5. The van der Waals surface area contributed by atoms with Crippen LogP contribution in [-0.2, 0) is 25.7 Å². The number of halogens is 2. The smallest absolute Gasteiger partial charge is 0.289 e. The van der Waals surface area contributed by atoms with Crippen molar-refractivity contribution in [2.75, 3.05) is 6.54 Å². The molecule has 222 valence electrons. The normalized spacial score (nSPS) is 16.1. The first kappa shape index (κ1) is 31.1. The predicted molar refractivity (Wildman–Crippen MR) is 160 cm³/mol. The molecule has 12 heteroatoms. The van der Waals surface area contributed by atoms with Gasteiger partial charge in [-0.05, 0) is 48.9 Å². The van der Waals surface area contributed by atoms with Crippen LogP contribution in [0.15, 0.2) is 48.5 Å². The minimum atomic E-state index is -1.26. The summed E-state index contributed by atoms with van der Waals surface area (Å²) in [5.41, 5.74) is 1.53. The van der Waals surface area contributed by atoms with Gasteiger partial charge in [0.1, 0.15) is 11.7 Å². The molecule has 0 spiro atoms. The molecule has 0 radical (unpaired) electrons. The van der Waals surface area contributed by atoms with Gasteiger partial charge in [0.05, 0.1) is 11.1 Å². The third kappa shape index (κ3) is 7.89. The Balaban J connectivity index is 1.50. The highest BCUT2D eigenvalue weighted by atomic mass is 35.5. The molecule has 1 aromatic heterocycles. The van der Waals surface area contributed by atoms with E-state index in [1.54, 1.807) is 18.2 Å². The van der Waals surface area contributed by atoms with Gasteiger partial charge in [-0.25, -0.2) is 0 Å². The zero-order chi connectivity index (χ0) is 30.4. The van der Waals surface area contributed by atoms with Crippen molar-refractivity contribution in [1.29, 1.82) is 0 Å². The van der Waals surface area contributed by atoms with Crippen LogP contribution in [0.5, 0.6) is 0 Å². The highest BCUT2D eigenvalue weighted by molar-refractivity contribution is 6.39. The molecule has 1 aliphatic heterocycles. The van der Waals surface area contributed by atoms with Crippen molar-refractivity contribution in [3.8, 4) is 0 Å². The summed E-state index contributed by atoms with van der Waals surface area (Å²) in [4.78, 5) is 68.1. The number of benzene rings is 2. The third-order valence-electron chi connectivity index (χ3n) is 7.06. The summed E-state index contributed by atoms with van der Waals surface area (Å²) in [6.45, 7) is 4.35. The summed E-state index contributed by atoms with van der Waals surface area (Å²) in [7, 11) is 0. The summed E-state index contributed by atoms with van der Waals surface area (Å²) in [6.07, 6.45) is 0.692. The molecule has 1 aliphatic rings. The van der Waals surface area contributed by atoms with E-state index in [1.165, 1.54) is 0 Å². The second kappa shape index (κ2) is 13.8. The Morgan fingerprint density at radius 3 is 2.40 bits per heavy atom. The quantitative estimate of drug-likeness (QED) is 0.198. The highest BCUT2D eigenvalue weighted by Gasteiger charge is 2.35. The molecule has 10 nitrogen and oxygen atoms in total. The van der Waals surface area contributed by atoms with E-state index in [-0.39, 0.29) is 36.9 Å². The number of fused-ring (bicyclic) bond motifs is 1. The van der Waals surface area contributed by atoms with Gasteiger partial charge >= 0.3 is 0 Å². The van der Waals surface area contributed by atoms with Crippen LogP contribution in [0.2, 0.25) is 10.0 Å². The summed E-state index contributed by atoms with van der Waals surface area (Å²) < 4.78 is 0.